The van der Waals surface area contributed by atoms with E-state index in [0.717, 1.165) is 0 Å². The molecule has 8 nitrogen and oxygen atoms in total. The van der Waals surface area contributed by atoms with Crippen LogP contribution in [-0.2, 0) is 6.54 Å². The van der Waals surface area contributed by atoms with Crippen LogP contribution in [0.3, 0.4) is 0 Å². The molecule has 0 saturated carbocycles. The number of aromatic nitrogens is 4. The van der Waals surface area contributed by atoms with Crippen LogP contribution in [0.4, 0.5) is 11.5 Å². The average molecular weight is 440 g/mol. The minimum atomic E-state index is -0.919. The largest absolute Gasteiger partial charge is 0.394 e. The van der Waals surface area contributed by atoms with Gasteiger partial charge in [0.15, 0.2) is 5.82 Å². The Balaban J connectivity index is 2.09. The number of benzene rings is 1. The maximum atomic E-state index is 13.0. The van der Waals surface area contributed by atoms with Gasteiger partial charge in [0.25, 0.3) is 0 Å². The summed E-state index contributed by atoms with van der Waals surface area (Å²) in [7, 11) is 0. The first-order valence-electron chi connectivity index (χ1n) is 9.14. The molecule has 1 atom stereocenters. The van der Waals surface area contributed by atoms with E-state index in [0.29, 0.717) is 40.5 Å². The summed E-state index contributed by atoms with van der Waals surface area (Å²) in [5.74, 6) is 0.347. The number of nitrogens with zero attached hydrogens (tertiary/aromatic N) is 4. The molecule has 3 N–H and O–H groups in total. The highest BCUT2D eigenvalue weighted by atomic mass is 35.5. The summed E-state index contributed by atoms with van der Waals surface area (Å²) in [5.41, 5.74) is 0.842. The summed E-state index contributed by atoms with van der Waals surface area (Å²) in [5, 5.41) is 23.1. The van der Waals surface area contributed by atoms with Gasteiger partial charge in [-0.2, -0.15) is 4.98 Å². The third kappa shape index (κ3) is 4.72. The van der Waals surface area contributed by atoms with Crippen molar-refractivity contribution in [2.24, 2.45) is 0 Å². The Morgan fingerprint density at radius 2 is 2.00 bits per heavy atom. The van der Waals surface area contributed by atoms with Gasteiger partial charge in [0.2, 0.25) is 5.28 Å². The molecule has 2 aromatic heterocycles. The van der Waals surface area contributed by atoms with Crippen LogP contribution in [0, 0.1) is 0 Å². The third-order valence-corrected chi connectivity index (χ3v) is 5.05. The average Bonchev–Trinajstić information content (AvgIpc) is 2.92. The molecule has 3 rings (SSSR count). The van der Waals surface area contributed by atoms with Crippen LogP contribution in [-0.4, -0.2) is 41.5 Å². The monoisotopic (exact) mass is 439 g/mol. The topological polar surface area (TPSA) is 105 Å². The first-order chi connectivity index (χ1) is 13.6. The minimum absolute atomic E-state index is 0.0583. The fourth-order valence-corrected chi connectivity index (χ4v) is 3.31. The summed E-state index contributed by atoms with van der Waals surface area (Å²) in [6.07, 6.45) is 1.79. The maximum absolute atomic E-state index is 13.0. The van der Waals surface area contributed by atoms with E-state index in [1.165, 1.54) is 6.20 Å². The van der Waals surface area contributed by atoms with E-state index in [9.17, 15) is 15.0 Å². The number of halogens is 2. The molecule has 1 aromatic carbocycles. The zero-order chi connectivity index (χ0) is 21.3. The number of aliphatic hydroxyl groups excluding tert-OH is 1. The molecule has 0 radical (unpaired) electrons. The van der Waals surface area contributed by atoms with E-state index in [1.807, 2.05) is 0 Å². The van der Waals surface area contributed by atoms with Crippen molar-refractivity contribution in [1.82, 2.24) is 19.1 Å². The van der Waals surface area contributed by atoms with Crippen molar-refractivity contribution in [2.75, 3.05) is 11.9 Å². The third-order valence-electron chi connectivity index (χ3n) is 4.59. The number of aliphatic hydroxyl groups is 2. The molecule has 0 spiro atoms. The SMILES string of the molecule is CC(CO)n1c(=O)n(CCC(C)(C)O)c2cc(Nc3nc(Cl)ncc3Cl)ccc21. The number of hydrogen-bond acceptors (Lipinski definition) is 6. The molecule has 1 unspecified atom stereocenters. The highest BCUT2D eigenvalue weighted by Crippen LogP contribution is 2.27. The Morgan fingerprint density at radius 1 is 1.28 bits per heavy atom. The van der Waals surface area contributed by atoms with Crippen molar-refractivity contribution < 1.29 is 10.2 Å². The van der Waals surface area contributed by atoms with Crippen LogP contribution in [0.1, 0.15) is 33.2 Å². The lowest BCUT2D eigenvalue weighted by atomic mass is 10.1. The zero-order valence-electron chi connectivity index (χ0n) is 16.4. The number of rotatable bonds is 7. The van der Waals surface area contributed by atoms with E-state index in [1.54, 1.807) is 48.1 Å². The number of aryl methyl sites for hydroxylation is 1. The van der Waals surface area contributed by atoms with E-state index in [4.69, 9.17) is 23.2 Å². The molecule has 3 aromatic rings. The van der Waals surface area contributed by atoms with Gasteiger partial charge in [-0.05, 0) is 57.0 Å². The molecule has 156 valence electrons. The Bertz CT molecular complexity index is 1090. The molecule has 0 aliphatic heterocycles. The minimum Gasteiger partial charge on any atom is -0.394 e. The Labute approximate surface area is 177 Å². The lowest BCUT2D eigenvalue weighted by Crippen LogP contribution is -2.30. The van der Waals surface area contributed by atoms with Gasteiger partial charge in [-0.3, -0.25) is 9.13 Å². The van der Waals surface area contributed by atoms with Gasteiger partial charge >= 0.3 is 5.69 Å². The molecule has 0 saturated heterocycles. The molecule has 0 amide bonds. The standard InChI is InChI=1S/C19H23Cl2N5O3/c1-11(10-27)26-14-5-4-12(23-16-13(20)9-22-17(21)24-16)8-15(14)25(18(26)28)7-6-19(2,3)29/h4-5,8-9,11,27,29H,6-7,10H2,1-3H3,(H,22,23,24). The lowest BCUT2D eigenvalue weighted by molar-refractivity contribution is 0.0662. The smallest absolute Gasteiger partial charge is 0.329 e. The number of anilines is 2. The number of imidazole rings is 1. The summed E-state index contributed by atoms with van der Waals surface area (Å²) in [6, 6.07) is 4.99. The molecular weight excluding hydrogens is 417 g/mol. The quantitative estimate of drug-likeness (QED) is 0.487. The maximum Gasteiger partial charge on any atom is 0.329 e. The van der Waals surface area contributed by atoms with Gasteiger partial charge in [-0.15, -0.1) is 0 Å². The summed E-state index contributed by atoms with van der Waals surface area (Å²) < 4.78 is 3.15. The van der Waals surface area contributed by atoms with Crippen molar-refractivity contribution >= 4 is 45.7 Å². The van der Waals surface area contributed by atoms with Crippen LogP contribution in [0.5, 0.6) is 0 Å². The van der Waals surface area contributed by atoms with Gasteiger partial charge in [0, 0.05) is 12.2 Å². The highest BCUT2D eigenvalue weighted by Gasteiger charge is 2.20. The Morgan fingerprint density at radius 3 is 2.66 bits per heavy atom. The molecule has 0 aliphatic rings. The molecular formula is C19H23Cl2N5O3. The van der Waals surface area contributed by atoms with E-state index in [2.05, 4.69) is 15.3 Å². The number of hydrogen-bond donors (Lipinski definition) is 3. The fraction of sp³-hybridized carbons (Fsp3) is 0.421. The van der Waals surface area contributed by atoms with Crippen LogP contribution >= 0.6 is 23.2 Å². The van der Waals surface area contributed by atoms with Crippen molar-refractivity contribution in [2.45, 2.75) is 45.4 Å². The molecule has 2 heterocycles. The van der Waals surface area contributed by atoms with Gasteiger partial charge in [0.1, 0.15) is 5.02 Å². The summed E-state index contributed by atoms with van der Waals surface area (Å²) in [6.45, 7) is 5.33. The van der Waals surface area contributed by atoms with Gasteiger partial charge in [0.05, 0.1) is 35.5 Å². The Hall–Kier alpha value is -2.13. The van der Waals surface area contributed by atoms with Crippen LogP contribution < -0.4 is 11.0 Å². The normalized spacial score (nSPS) is 13.1. The van der Waals surface area contributed by atoms with Crippen LogP contribution in [0.2, 0.25) is 10.3 Å². The molecule has 29 heavy (non-hydrogen) atoms. The molecule has 0 aliphatic carbocycles. The fourth-order valence-electron chi connectivity index (χ4n) is 3.04. The van der Waals surface area contributed by atoms with Gasteiger partial charge < -0.3 is 15.5 Å². The van der Waals surface area contributed by atoms with Crippen LogP contribution in [0.25, 0.3) is 11.0 Å². The number of fused-ring (bicyclic) bond motifs is 1. The predicted molar refractivity (Wildman–Crippen MR) is 114 cm³/mol. The van der Waals surface area contributed by atoms with E-state index >= 15 is 0 Å². The van der Waals surface area contributed by atoms with E-state index < -0.39 is 5.60 Å². The van der Waals surface area contributed by atoms with Crippen molar-refractivity contribution in [3.8, 4) is 0 Å². The van der Waals surface area contributed by atoms with Crippen molar-refractivity contribution in [3.05, 3.63) is 45.2 Å². The first-order valence-corrected chi connectivity index (χ1v) is 9.89. The second-order valence-electron chi connectivity index (χ2n) is 7.56. The zero-order valence-corrected chi connectivity index (χ0v) is 17.9. The van der Waals surface area contributed by atoms with Crippen molar-refractivity contribution in [3.63, 3.8) is 0 Å². The van der Waals surface area contributed by atoms with Crippen LogP contribution in [0.15, 0.2) is 29.2 Å². The summed E-state index contributed by atoms with van der Waals surface area (Å²) in [4.78, 5) is 20.9. The summed E-state index contributed by atoms with van der Waals surface area (Å²) >= 11 is 12.0. The Kier molecular flexibility index (Phi) is 6.19. The van der Waals surface area contributed by atoms with Crippen molar-refractivity contribution in [1.29, 1.82) is 0 Å². The van der Waals surface area contributed by atoms with Gasteiger partial charge in [-0.1, -0.05) is 11.6 Å². The highest BCUT2D eigenvalue weighted by molar-refractivity contribution is 6.33. The lowest BCUT2D eigenvalue weighted by Gasteiger charge is -2.17. The van der Waals surface area contributed by atoms with E-state index in [-0.39, 0.29) is 23.6 Å². The molecule has 0 fully saturated rings. The van der Waals surface area contributed by atoms with Gasteiger partial charge in [-0.25, -0.2) is 9.78 Å². The predicted octanol–water partition coefficient (Wildman–Crippen LogP) is 3.36. The first kappa shape index (κ1) is 21.6. The molecule has 10 heteroatoms. The second kappa shape index (κ2) is 8.31. The second-order valence-corrected chi connectivity index (χ2v) is 8.31. The number of nitrogens with one attached hydrogen (secondary N) is 1. The molecule has 0 bridgehead atoms.